The maximum Gasteiger partial charge on any atom is 0.274 e. The molecule has 1 aliphatic rings. The van der Waals surface area contributed by atoms with Gasteiger partial charge in [0.15, 0.2) is 5.78 Å². The Morgan fingerprint density at radius 1 is 0.379 bits per heavy atom. The van der Waals surface area contributed by atoms with Crippen molar-refractivity contribution in [3.63, 3.8) is 0 Å². The Bertz CT molecular complexity index is 4070. The predicted molar refractivity (Wildman–Crippen MR) is 339 cm³/mol. The molecule has 440 valence electrons. The molecule has 0 radical (unpaired) electrons. The summed E-state index contributed by atoms with van der Waals surface area (Å²) in [5, 5.41) is 14.1. The lowest BCUT2D eigenvalue weighted by Gasteiger charge is -2.24. The van der Waals surface area contributed by atoms with Crippen LogP contribution in [0.4, 0.5) is 22.7 Å². The molecule has 4 heterocycles. The van der Waals surface area contributed by atoms with Crippen molar-refractivity contribution in [1.82, 2.24) is 19.9 Å². The highest BCUT2D eigenvalue weighted by Crippen LogP contribution is 2.40. The van der Waals surface area contributed by atoms with Crippen LogP contribution < -0.4 is 40.2 Å². The van der Waals surface area contributed by atoms with E-state index in [9.17, 15) is 19.2 Å². The van der Waals surface area contributed by atoms with Gasteiger partial charge in [0.1, 0.15) is 67.8 Å². The average molecular weight is 1160 g/mol. The average Bonchev–Trinajstić information content (AvgIpc) is 0.992. The number of carbonyl (C=O) groups excluding carboxylic acids is 5. The smallest absolute Gasteiger partial charge is 0.274 e. The number of ketones is 1. The summed E-state index contributed by atoms with van der Waals surface area (Å²) in [6, 6.07) is 42.3. The van der Waals surface area contributed by atoms with Gasteiger partial charge in [-0.2, -0.15) is 0 Å². The minimum atomic E-state index is -0.645. The van der Waals surface area contributed by atoms with E-state index in [1.165, 1.54) is 0 Å². The van der Waals surface area contributed by atoms with Crippen LogP contribution in [0.15, 0.2) is 146 Å². The summed E-state index contributed by atoms with van der Waals surface area (Å²) >= 11 is 0. The number of nitrogens with zero attached hydrogens (tertiary/aromatic N) is 4. The largest absolute Gasteiger partial charge is 0.493 e. The van der Waals surface area contributed by atoms with Gasteiger partial charge in [0.25, 0.3) is 23.6 Å². The van der Waals surface area contributed by atoms with Crippen LogP contribution >= 0.6 is 0 Å². The van der Waals surface area contributed by atoms with Gasteiger partial charge in [-0.1, -0.05) is 116 Å². The Kier molecular flexibility index (Phi) is 16.9. The summed E-state index contributed by atoms with van der Waals surface area (Å²) in [5.41, 5.74) is 4.67. The first-order chi connectivity index (χ1) is 42.0. The maximum atomic E-state index is 15.2. The summed E-state index contributed by atoms with van der Waals surface area (Å²) in [4.78, 5) is 92.4. The lowest BCUT2D eigenvalue weighted by molar-refractivity contribution is 0.101. The van der Waals surface area contributed by atoms with Gasteiger partial charge in [-0.25, -0.2) is 19.9 Å². The van der Waals surface area contributed by atoms with E-state index >= 15 is 4.79 Å². The Morgan fingerprint density at radius 2 is 0.667 bits per heavy atom. The topological polar surface area (TPSA) is 222 Å². The van der Waals surface area contributed by atoms with Crippen molar-refractivity contribution in [1.29, 1.82) is 0 Å². The molecule has 0 fully saturated rings. The Morgan fingerprint density at radius 3 is 0.954 bits per heavy atom. The number of carbonyl (C=O) groups is 5. The van der Waals surface area contributed by atoms with E-state index in [0.717, 1.165) is 0 Å². The number of hydrogen-bond donors (Lipinski definition) is 4. The molecule has 87 heavy (non-hydrogen) atoms. The van der Waals surface area contributed by atoms with Crippen LogP contribution in [0.3, 0.4) is 0 Å². The van der Waals surface area contributed by atoms with Crippen LogP contribution in [0, 0.1) is 23.7 Å². The third-order valence-electron chi connectivity index (χ3n) is 14.3. The third kappa shape index (κ3) is 12.7. The molecule has 17 nitrogen and oxygen atoms in total. The fraction of sp³-hybridized carbons (Fsp3) is 0.243. The van der Waals surface area contributed by atoms with Gasteiger partial charge >= 0.3 is 0 Å². The molecule has 10 aromatic rings. The molecule has 4 N–H and O–H groups in total. The standard InChI is InChI=1S/C70H66N8O9/c1-38(2)34-84-56-30-52(67(80)71-44-19-11-9-12-20-44)73-62-46(56)25-27-48-58(86-36-40(5)6)32-54(75-64(48)62)69(82)77-50-23-15-17-42-29-43-18-16-24-51(61(43)66(79)60(42)50)78-70(83)55-33-59(87-37-41(7)8)49-28-26-47-57(85-35-39(3)4)31-53(74-63(47)65(49)76-55)68(81)72-45-21-13-10-14-22-45/h9-28,30-33,38-41H,29,34-37H2,1-8H3,(H,71,80)(H,72,81)(H,77,82)(H,78,83). The molecule has 0 unspecified atom stereocenters. The number of ether oxygens (including phenoxy) is 4. The maximum absolute atomic E-state index is 15.2. The minimum absolute atomic E-state index is 0.0397. The zero-order chi connectivity index (χ0) is 61.0. The van der Waals surface area contributed by atoms with E-state index in [-0.39, 0.29) is 68.9 Å². The number of pyridine rings is 4. The zero-order valence-corrected chi connectivity index (χ0v) is 49.7. The van der Waals surface area contributed by atoms with Crippen molar-refractivity contribution >= 4 is 95.8 Å². The van der Waals surface area contributed by atoms with Crippen molar-refractivity contribution in [3.8, 4) is 23.0 Å². The monoisotopic (exact) mass is 1160 g/mol. The van der Waals surface area contributed by atoms with Crippen LogP contribution in [0.5, 0.6) is 23.0 Å². The SMILES string of the molecule is CC(C)COc1cc(C(=O)Nc2ccccc2)nc2c1ccc1c(OCC(C)C)cc(C(=O)Nc3cccc4c3C(=O)c3c(cccc3NC(=O)c3cc(OCC(C)C)c5ccc6c(OCC(C)C)cc(C(=O)Nc7ccccc7)nc6c5n3)C4)nc12. The van der Waals surface area contributed by atoms with Crippen LogP contribution in [-0.2, 0) is 6.42 Å². The van der Waals surface area contributed by atoms with E-state index in [1.807, 2.05) is 128 Å². The van der Waals surface area contributed by atoms with Crippen molar-refractivity contribution in [2.45, 2.75) is 61.8 Å². The quantitative estimate of drug-likeness (QED) is 0.0522. The molecule has 0 bridgehead atoms. The number of hydrogen-bond acceptors (Lipinski definition) is 13. The number of fused-ring (bicyclic) bond motifs is 8. The fourth-order valence-corrected chi connectivity index (χ4v) is 10.2. The Labute approximate surface area is 503 Å². The number of nitrogens with one attached hydrogen (secondary N) is 4. The molecule has 4 amide bonds. The highest BCUT2D eigenvalue weighted by atomic mass is 16.5. The Hall–Kier alpha value is -10.3. The van der Waals surface area contributed by atoms with Gasteiger partial charge in [-0.3, -0.25) is 24.0 Å². The van der Waals surface area contributed by atoms with Crippen LogP contribution in [-0.4, -0.2) is 75.8 Å². The lowest BCUT2D eigenvalue weighted by atomic mass is 9.83. The van der Waals surface area contributed by atoms with E-state index < -0.39 is 29.4 Å². The van der Waals surface area contributed by atoms with Crippen molar-refractivity contribution < 1.29 is 42.9 Å². The lowest BCUT2D eigenvalue weighted by Crippen LogP contribution is -2.23. The molecule has 1 aliphatic carbocycles. The Balaban J connectivity index is 0.946. The molecular weight excluding hydrogens is 1100 g/mol. The van der Waals surface area contributed by atoms with Gasteiger partial charge in [-0.15, -0.1) is 0 Å². The summed E-state index contributed by atoms with van der Waals surface area (Å²) in [7, 11) is 0. The first-order valence-corrected chi connectivity index (χ1v) is 29.2. The van der Waals surface area contributed by atoms with Crippen molar-refractivity contribution in [2.75, 3.05) is 47.7 Å². The molecule has 0 spiro atoms. The van der Waals surface area contributed by atoms with E-state index in [0.29, 0.717) is 122 Å². The predicted octanol–water partition coefficient (Wildman–Crippen LogP) is 14.2. The molecule has 17 heteroatoms. The van der Waals surface area contributed by atoms with E-state index in [2.05, 4.69) is 21.3 Å². The van der Waals surface area contributed by atoms with Gasteiger partial charge in [0.05, 0.1) is 37.8 Å². The van der Waals surface area contributed by atoms with Gasteiger partial charge in [-0.05, 0) is 102 Å². The van der Waals surface area contributed by atoms with Crippen LogP contribution in [0.25, 0.3) is 43.6 Å². The molecule has 0 saturated carbocycles. The van der Waals surface area contributed by atoms with Crippen LogP contribution in [0.1, 0.15) is 124 Å². The van der Waals surface area contributed by atoms with E-state index in [1.54, 1.807) is 72.8 Å². The highest BCUT2D eigenvalue weighted by molar-refractivity contribution is 6.22. The number of benzene rings is 6. The van der Waals surface area contributed by atoms with Gasteiger partial charge in [0.2, 0.25) is 0 Å². The van der Waals surface area contributed by atoms with Gasteiger partial charge in [0, 0.05) is 68.3 Å². The molecule has 0 atom stereocenters. The van der Waals surface area contributed by atoms with E-state index in [4.69, 9.17) is 38.9 Å². The molecule has 0 aliphatic heterocycles. The number of amides is 4. The number of rotatable bonds is 20. The normalized spacial score (nSPS) is 12.0. The second-order valence-electron chi connectivity index (χ2n) is 23.3. The minimum Gasteiger partial charge on any atom is -0.493 e. The summed E-state index contributed by atoms with van der Waals surface area (Å²) in [5.74, 6) is -0.531. The fourth-order valence-electron chi connectivity index (χ4n) is 10.2. The van der Waals surface area contributed by atoms with Crippen molar-refractivity contribution in [2.24, 2.45) is 23.7 Å². The number of anilines is 4. The second kappa shape index (κ2) is 25.1. The highest BCUT2D eigenvalue weighted by Gasteiger charge is 2.31. The summed E-state index contributed by atoms with van der Waals surface area (Å²) in [6.07, 6.45) is 0.296. The van der Waals surface area contributed by atoms with Crippen LogP contribution in [0.2, 0.25) is 0 Å². The molecule has 4 aromatic heterocycles. The first kappa shape index (κ1) is 58.5. The molecule has 11 rings (SSSR count). The second-order valence-corrected chi connectivity index (χ2v) is 23.3. The first-order valence-electron chi connectivity index (χ1n) is 29.2. The van der Waals surface area contributed by atoms with Crippen molar-refractivity contribution in [3.05, 3.63) is 191 Å². The molecular formula is C70H66N8O9. The number of aromatic nitrogens is 4. The zero-order valence-electron chi connectivity index (χ0n) is 49.7. The molecule has 0 saturated heterocycles. The summed E-state index contributed by atoms with van der Waals surface area (Å²) in [6.45, 7) is 17.5. The van der Waals surface area contributed by atoms with Gasteiger partial charge < -0.3 is 40.2 Å². The summed E-state index contributed by atoms with van der Waals surface area (Å²) < 4.78 is 25.5. The number of para-hydroxylation sites is 2. The third-order valence-corrected chi connectivity index (χ3v) is 14.3. The molecule has 6 aromatic carbocycles.